The Balaban J connectivity index is 1.68. The molecule has 2 aromatic heterocycles. The molecule has 4 rings (SSSR count). The van der Waals surface area contributed by atoms with Crippen molar-refractivity contribution >= 4 is 28.4 Å². The average molecular weight is 424 g/mol. The van der Waals surface area contributed by atoms with Gasteiger partial charge in [0.25, 0.3) is 5.91 Å². The van der Waals surface area contributed by atoms with Crippen molar-refractivity contribution in [3.8, 4) is 5.69 Å². The molecule has 2 aromatic carbocycles. The zero-order valence-corrected chi connectivity index (χ0v) is 16.6. The molecule has 1 atom stereocenters. The lowest BCUT2D eigenvalue weighted by atomic mass is 10.1. The normalized spacial score (nSPS) is 12.2. The Hall–Kier alpha value is -3.92. The number of nitrogen functional groups attached to an aromatic ring is 1. The molecule has 0 spiro atoms. The molecular weight excluding hydrogens is 406 g/mol. The van der Waals surface area contributed by atoms with Gasteiger partial charge in [-0.15, -0.1) is 0 Å². The first-order valence-corrected chi connectivity index (χ1v) is 9.27. The number of hydrogen-bond donors (Lipinski definition) is 3. The summed E-state index contributed by atoms with van der Waals surface area (Å²) in [7, 11) is 0. The molecule has 0 aliphatic rings. The molecule has 0 saturated carbocycles. The Morgan fingerprint density at radius 2 is 1.94 bits per heavy atom. The molecule has 4 aromatic rings. The summed E-state index contributed by atoms with van der Waals surface area (Å²) in [4.78, 5) is 20.3. The van der Waals surface area contributed by atoms with Crippen LogP contribution in [0.15, 0.2) is 42.7 Å². The van der Waals surface area contributed by atoms with Crippen LogP contribution in [-0.2, 0) is 4.79 Å². The largest absolute Gasteiger partial charge is 0.382 e. The maximum atomic E-state index is 14.9. The molecule has 2 heterocycles. The fourth-order valence-electron chi connectivity index (χ4n) is 3.28. The van der Waals surface area contributed by atoms with Crippen molar-refractivity contribution < 1.29 is 18.7 Å². The Kier molecular flexibility index (Phi) is 5.07. The van der Waals surface area contributed by atoms with E-state index in [9.17, 15) is 18.7 Å². The van der Waals surface area contributed by atoms with E-state index in [0.29, 0.717) is 16.8 Å². The van der Waals surface area contributed by atoms with Crippen molar-refractivity contribution in [1.82, 2.24) is 19.7 Å². The van der Waals surface area contributed by atoms with Crippen molar-refractivity contribution in [3.63, 3.8) is 0 Å². The van der Waals surface area contributed by atoms with Crippen LogP contribution in [0.1, 0.15) is 22.9 Å². The molecule has 10 heteroatoms. The van der Waals surface area contributed by atoms with Crippen LogP contribution in [0, 0.1) is 25.5 Å². The molecule has 0 aliphatic heterocycles. The van der Waals surface area contributed by atoms with Crippen LogP contribution in [0.4, 0.5) is 20.3 Å². The van der Waals surface area contributed by atoms with Crippen LogP contribution in [0.3, 0.4) is 0 Å². The molecule has 1 amide bonds. The number of nitrogens with zero attached hydrogens (tertiary/aromatic N) is 4. The van der Waals surface area contributed by atoms with Gasteiger partial charge in [0.2, 0.25) is 0 Å². The number of aliphatic hydroxyl groups excluding tert-OH is 1. The summed E-state index contributed by atoms with van der Waals surface area (Å²) in [6, 6.07) is 9.10. The molecule has 0 bridgehead atoms. The molecule has 31 heavy (non-hydrogen) atoms. The van der Waals surface area contributed by atoms with E-state index >= 15 is 0 Å². The maximum absolute atomic E-state index is 14.9. The third-order valence-corrected chi connectivity index (χ3v) is 4.81. The van der Waals surface area contributed by atoms with Gasteiger partial charge in [-0.1, -0.05) is 29.8 Å². The minimum Gasteiger partial charge on any atom is -0.382 e. The van der Waals surface area contributed by atoms with Crippen LogP contribution in [0.2, 0.25) is 0 Å². The van der Waals surface area contributed by atoms with E-state index < -0.39 is 29.3 Å². The monoisotopic (exact) mass is 424 g/mol. The number of halogens is 2. The lowest BCUT2D eigenvalue weighted by molar-refractivity contribution is -0.124. The van der Waals surface area contributed by atoms with E-state index in [1.165, 1.54) is 18.5 Å². The molecule has 0 fully saturated rings. The number of carbonyl (C=O) groups is 1. The van der Waals surface area contributed by atoms with Crippen molar-refractivity contribution in [2.75, 3.05) is 11.1 Å². The number of carbonyl (C=O) groups excluding carboxylic acids is 1. The second-order valence-corrected chi connectivity index (χ2v) is 7.02. The lowest BCUT2D eigenvalue weighted by Crippen LogP contribution is -2.22. The third kappa shape index (κ3) is 3.57. The SMILES string of the molecule is Cc1cccc([C@@H](O)C(=O)Nc2ccc(-n3nc(C)c4ncnc(N)c43)c(F)c2F)c1. The standard InChI is InChI=1S/C21H18F2N6O2/c1-10-4-3-5-12(8-10)19(30)21(31)27-13-6-7-14(16(23)15(13)22)29-18-17(11(2)28-29)25-9-26-20(18)24/h3-9,19,30H,1-2H3,(H,27,31)(H2,24,25,26)/t19-/m1/s1. The van der Waals surface area contributed by atoms with Gasteiger partial charge in [0.15, 0.2) is 23.6 Å². The van der Waals surface area contributed by atoms with Gasteiger partial charge >= 0.3 is 0 Å². The zero-order chi connectivity index (χ0) is 22.3. The summed E-state index contributed by atoms with van der Waals surface area (Å²) in [6.45, 7) is 3.46. The summed E-state index contributed by atoms with van der Waals surface area (Å²) in [5.74, 6) is -3.40. The number of benzene rings is 2. The topological polar surface area (TPSA) is 119 Å². The number of aryl methyl sites for hydroxylation is 2. The van der Waals surface area contributed by atoms with E-state index in [1.54, 1.807) is 38.1 Å². The number of aromatic nitrogens is 4. The van der Waals surface area contributed by atoms with E-state index in [2.05, 4.69) is 20.4 Å². The summed E-state index contributed by atoms with van der Waals surface area (Å²) >= 11 is 0. The first-order chi connectivity index (χ1) is 14.8. The van der Waals surface area contributed by atoms with Gasteiger partial charge in [-0.25, -0.2) is 23.4 Å². The maximum Gasteiger partial charge on any atom is 0.257 e. The Bertz CT molecular complexity index is 1320. The van der Waals surface area contributed by atoms with Gasteiger partial charge < -0.3 is 16.2 Å². The average Bonchev–Trinajstić information content (AvgIpc) is 3.08. The van der Waals surface area contributed by atoms with Gasteiger partial charge in [-0.05, 0) is 31.5 Å². The molecule has 0 radical (unpaired) electrons. The Morgan fingerprint density at radius 1 is 1.16 bits per heavy atom. The van der Waals surface area contributed by atoms with Gasteiger partial charge in [0, 0.05) is 0 Å². The molecule has 8 nitrogen and oxygen atoms in total. The van der Waals surface area contributed by atoms with Crippen LogP contribution >= 0.6 is 0 Å². The Morgan fingerprint density at radius 3 is 2.68 bits per heavy atom. The van der Waals surface area contributed by atoms with Gasteiger partial charge in [0.1, 0.15) is 23.0 Å². The van der Waals surface area contributed by atoms with E-state index in [0.717, 1.165) is 10.2 Å². The number of amides is 1. The molecule has 0 unspecified atom stereocenters. The fourth-order valence-corrected chi connectivity index (χ4v) is 3.28. The highest BCUT2D eigenvalue weighted by atomic mass is 19.2. The summed E-state index contributed by atoms with van der Waals surface area (Å²) in [5.41, 5.74) is 7.52. The van der Waals surface area contributed by atoms with Crippen LogP contribution in [-0.4, -0.2) is 30.8 Å². The zero-order valence-electron chi connectivity index (χ0n) is 16.6. The van der Waals surface area contributed by atoms with Crippen LogP contribution in [0.5, 0.6) is 0 Å². The minimum absolute atomic E-state index is 0.0593. The van der Waals surface area contributed by atoms with Gasteiger partial charge in [-0.2, -0.15) is 5.10 Å². The highest BCUT2D eigenvalue weighted by Crippen LogP contribution is 2.29. The van der Waals surface area contributed by atoms with E-state index in [1.807, 2.05) is 0 Å². The molecule has 4 N–H and O–H groups in total. The van der Waals surface area contributed by atoms with E-state index in [4.69, 9.17) is 5.73 Å². The lowest BCUT2D eigenvalue weighted by Gasteiger charge is -2.14. The Labute approximate surface area is 175 Å². The summed E-state index contributed by atoms with van der Waals surface area (Å²) in [5, 5.41) is 16.7. The quantitative estimate of drug-likeness (QED) is 0.463. The molecule has 0 aliphatic carbocycles. The van der Waals surface area contributed by atoms with Crippen molar-refractivity contribution in [2.24, 2.45) is 0 Å². The third-order valence-electron chi connectivity index (χ3n) is 4.81. The first kappa shape index (κ1) is 20.4. The highest BCUT2D eigenvalue weighted by Gasteiger charge is 2.23. The summed E-state index contributed by atoms with van der Waals surface area (Å²) < 4.78 is 30.8. The number of nitrogens with one attached hydrogen (secondary N) is 1. The number of aliphatic hydroxyl groups is 1. The highest BCUT2D eigenvalue weighted by molar-refractivity contribution is 5.95. The second-order valence-electron chi connectivity index (χ2n) is 7.02. The molecule has 158 valence electrons. The predicted molar refractivity (Wildman–Crippen MR) is 110 cm³/mol. The van der Waals surface area contributed by atoms with Crippen molar-refractivity contribution in [2.45, 2.75) is 20.0 Å². The van der Waals surface area contributed by atoms with Crippen LogP contribution in [0.25, 0.3) is 16.7 Å². The number of anilines is 2. The van der Waals surface area contributed by atoms with E-state index in [-0.39, 0.29) is 17.0 Å². The van der Waals surface area contributed by atoms with Crippen LogP contribution < -0.4 is 11.1 Å². The minimum atomic E-state index is -1.54. The predicted octanol–water partition coefficient (Wildman–Crippen LogP) is 2.96. The fraction of sp³-hybridized carbons (Fsp3) is 0.143. The second kappa shape index (κ2) is 7.73. The number of fused-ring (bicyclic) bond motifs is 1. The number of nitrogens with two attached hydrogens (primary N) is 1. The van der Waals surface area contributed by atoms with Gasteiger partial charge in [-0.3, -0.25) is 4.79 Å². The molecule has 0 saturated heterocycles. The number of rotatable bonds is 4. The molecular formula is C21H18F2N6O2. The summed E-state index contributed by atoms with van der Waals surface area (Å²) in [6.07, 6.45) is -0.289. The first-order valence-electron chi connectivity index (χ1n) is 9.27. The van der Waals surface area contributed by atoms with Gasteiger partial charge in [0.05, 0.1) is 11.4 Å². The van der Waals surface area contributed by atoms with Crippen molar-refractivity contribution in [1.29, 1.82) is 0 Å². The smallest absolute Gasteiger partial charge is 0.257 e. The van der Waals surface area contributed by atoms with Crippen molar-refractivity contribution in [3.05, 3.63) is 71.2 Å². The number of hydrogen-bond acceptors (Lipinski definition) is 6.